The van der Waals surface area contributed by atoms with Gasteiger partial charge in [0.15, 0.2) is 0 Å². The number of hydrogen-bond donors (Lipinski definition) is 1. The van der Waals surface area contributed by atoms with E-state index >= 15 is 0 Å². The lowest BCUT2D eigenvalue weighted by atomic mass is 10.3. The van der Waals surface area contributed by atoms with Crippen molar-refractivity contribution < 1.29 is 13.5 Å². The van der Waals surface area contributed by atoms with E-state index in [4.69, 9.17) is 0 Å². The van der Waals surface area contributed by atoms with E-state index in [-0.39, 0.29) is 11.5 Å². The largest absolute Gasteiger partial charge is 0.390 e. The Bertz CT molecular complexity index is 535. The Balaban J connectivity index is 2.93. The number of rotatable bonds is 9. The molecule has 0 aliphatic rings. The normalized spacial score (nSPS) is 12.0. The zero-order valence-electron chi connectivity index (χ0n) is 12.2. The molecule has 114 valence electrons. The quantitative estimate of drug-likeness (QED) is 0.560. The van der Waals surface area contributed by atoms with Gasteiger partial charge in [0.05, 0.1) is 6.61 Å². The van der Waals surface area contributed by atoms with E-state index in [2.05, 4.69) is 6.58 Å². The van der Waals surface area contributed by atoms with Crippen LogP contribution in [0.3, 0.4) is 0 Å². The van der Waals surface area contributed by atoms with Crippen LogP contribution >= 0.6 is 0 Å². The molecule has 0 amide bonds. The molecule has 0 bridgehead atoms. The predicted octanol–water partition coefficient (Wildman–Crippen LogP) is 1.98. The predicted molar refractivity (Wildman–Crippen MR) is 79.9 cm³/mol. The third-order valence-corrected chi connectivity index (χ3v) is 5.00. The second-order valence-electron chi connectivity index (χ2n) is 4.78. The molecule has 1 rings (SSSR count). The molecular formula is C14H24N2O3S. The van der Waals surface area contributed by atoms with Gasteiger partial charge in [0, 0.05) is 32.0 Å². The highest BCUT2D eigenvalue weighted by Gasteiger charge is 2.22. The molecule has 0 saturated carbocycles. The Morgan fingerprint density at radius 3 is 2.75 bits per heavy atom. The third kappa shape index (κ3) is 3.94. The van der Waals surface area contributed by atoms with Crippen molar-refractivity contribution in [3.05, 3.63) is 30.6 Å². The van der Waals surface area contributed by atoms with Crippen LogP contribution in [-0.4, -0.2) is 36.0 Å². The van der Waals surface area contributed by atoms with Crippen LogP contribution < -0.4 is 0 Å². The maximum atomic E-state index is 12.4. The highest BCUT2D eigenvalue weighted by molar-refractivity contribution is 7.89. The molecule has 0 spiro atoms. The van der Waals surface area contributed by atoms with Gasteiger partial charge in [0.25, 0.3) is 0 Å². The number of nitrogens with zero attached hydrogens (tertiary/aromatic N) is 2. The van der Waals surface area contributed by atoms with Crippen molar-refractivity contribution in [2.24, 2.45) is 0 Å². The maximum absolute atomic E-state index is 12.4. The van der Waals surface area contributed by atoms with Crippen molar-refractivity contribution in [1.29, 1.82) is 0 Å². The lowest BCUT2D eigenvalue weighted by Crippen LogP contribution is -2.27. The van der Waals surface area contributed by atoms with Gasteiger partial charge in [-0.15, -0.1) is 6.58 Å². The average Bonchev–Trinajstić information content (AvgIpc) is 2.83. The van der Waals surface area contributed by atoms with Gasteiger partial charge in [0.2, 0.25) is 10.0 Å². The van der Waals surface area contributed by atoms with E-state index in [1.807, 2.05) is 6.92 Å². The van der Waals surface area contributed by atoms with Gasteiger partial charge in [-0.3, -0.25) is 0 Å². The summed E-state index contributed by atoms with van der Waals surface area (Å²) in [7, 11) is -1.90. The lowest BCUT2D eigenvalue weighted by molar-refractivity contribution is 0.270. The van der Waals surface area contributed by atoms with Crippen molar-refractivity contribution in [3.8, 4) is 0 Å². The van der Waals surface area contributed by atoms with Gasteiger partial charge in [-0.1, -0.05) is 13.0 Å². The maximum Gasteiger partial charge on any atom is 0.244 e. The fourth-order valence-corrected chi connectivity index (χ4v) is 3.28. The van der Waals surface area contributed by atoms with Crippen LogP contribution in [0.1, 0.15) is 31.9 Å². The first-order valence-corrected chi connectivity index (χ1v) is 8.28. The summed E-state index contributed by atoms with van der Waals surface area (Å²) in [6.45, 7) is 6.64. The fraction of sp³-hybridized carbons (Fsp3) is 0.571. The second kappa shape index (κ2) is 7.61. The standard InChI is InChI=1S/C14H24N2O3S/c1-4-6-7-9-15(3)20(18,19)14-10-13(12-17)16(11-14)8-5-2/h4,10-11,17H,1,5-9,12H2,2-3H3. The Labute approximate surface area is 121 Å². The van der Waals surface area contributed by atoms with Crippen molar-refractivity contribution >= 4 is 10.0 Å². The molecule has 0 fully saturated rings. The summed E-state index contributed by atoms with van der Waals surface area (Å²) in [4.78, 5) is 0.246. The fourth-order valence-electron chi connectivity index (χ4n) is 2.01. The minimum absolute atomic E-state index is 0.157. The summed E-state index contributed by atoms with van der Waals surface area (Å²) < 4.78 is 28.0. The van der Waals surface area contributed by atoms with Crippen LogP contribution in [0, 0.1) is 0 Å². The molecule has 0 saturated heterocycles. The molecule has 5 nitrogen and oxygen atoms in total. The molecule has 1 aromatic rings. The van der Waals surface area contributed by atoms with Crippen molar-refractivity contribution in [1.82, 2.24) is 8.87 Å². The number of aryl methyl sites for hydroxylation is 1. The molecule has 0 radical (unpaired) electrons. The van der Waals surface area contributed by atoms with Crippen molar-refractivity contribution in [2.45, 2.75) is 44.2 Å². The number of aromatic nitrogens is 1. The number of aliphatic hydroxyl groups excluding tert-OH is 1. The molecular weight excluding hydrogens is 276 g/mol. The van der Waals surface area contributed by atoms with E-state index in [1.54, 1.807) is 30.0 Å². The molecule has 0 aliphatic heterocycles. The summed E-state index contributed by atoms with van der Waals surface area (Å²) in [5, 5.41) is 9.30. The number of unbranched alkanes of at least 4 members (excludes halogenated alkanes) is 1. The number of aliphatic hydroxyl groups is 1. The molecule has 0 aromatic carbocycles. The molecule has 20 heavy (non-hydrogen) atoms. The first-order chi connectivity index (χ1) is 9.47. The van der Waals surface area contributed by atoms with E-state index < -0.39 is 10.0 Å². The Morgan fingerprint density at radius 1 is 1.50 bits per heavy atom. The Kier molecular flexibility index (Phi) is 6.45. The van der Waals surface area contributed by atoms with Gasteiger partial charge >= 0.3 is 0 Å². The summed E-state index contributed by atoms with van der Waals surface area (Å²) in [5.74, 6) is 0. The minimum Gasteiger partial charge on any atom is -0.390 e. The van der Waals surface area contributed by atoms with Gasteiger partial charge in [-0.25, -0.2) is 12.7 Å². The summed E-state index contributed by atoms with van der Waals surface area (Å²) in [5.41, 5.74) is 0.630. The van der Waals surface area contributed by atoms with Gasteiger partial charge < -0.3 is 9.67 Å². The first-order valence-electron chi connectivity index (χ1n) is 6.84. The van der Waals surface area contributed by atoms with Gasteiger partial charge in [-0.2, -0.15) is 0 Å². The van der Waals surface area contributed by atoms with E-state index in [9.17, 15) is 13.5 Å². The highest BCUT2D eigenvalue weighted by Crippen LogP contribution is 2.19. The molecule has 0 atom stereocenters. The Hall–Kier alpha value is -1.11. The van der Waals surface area contributed by atoms with Crippen LogP contribution in [0.4, 0.5) is 0 Å². The molecule has 0 aliphatic carbocycles. The summed E-state index contributed by atoms with van der Waals surface area (Å²) in [6.07, 6.45) is 5.81. The van der Waals surface area contributed by atoms with E-state index in [0.717, 1.165) is 19.3 Å². The van der Waals surface area contributed by atoms with Crippen LogP contribution in [0.5, 0.6) is 0 Å². The zero-order valence-corrected chi connectivity index (χ0v) is 13.1. The van der Waals surface area contributed by atoms with Gasteiger partial charge in [0.1, 0.15) is 4.90 Å². The first kappa shape index (κ1) is 16.9. The molecule has 1 heterocycles. The zero-order chi connectivity index (χ0) is 15.2. The number of hydrogen-bond acceptors (Lipinski definition) is 3. The SMILES string of the molecule is C=CCCCN(C)S(=O)(=O)c1cc(CO)n(CCC)c1. The van der Waals surface area contributed by atoms with Crippen LogP contribution in [-0.2, 0) is 23.2 Å². The van der Waals surface area contributed by atoms with Gasteiger partial charge in [-0.05, 0) is 25.3 Å². The van der Waals surface area contributed by atoms with E-state index in [1.165, 1.54) is 4.31 Å². The Morgan fingerprint density at radius 2 is 2.20 bits per heavy atom. The minimum atomic E-state index is -3.48. The molecule has 1 aromatic heterocycles. The number of allylic oxidation sites excluding steroid dienone is 1. The monoisotopic (exact) mass is 300 g/mol. The van der Waals surface area contributed by atoms with Crippen molar-refractivity contribution in [2.75, 3.05) is 13.6 Å². The second-order valence-corrected chi connectivity index (χ2v) is 6.82. The average molecular weight is 300 g/mol. The van der Waals surface area contributed by atoms with E-state index in [0.29, 0.717) is 18.8 Å². The molecule has 6 heteroatoms. The number of sulfonamides is 1. The van der Waals surface area contributed by atoms with Crippen LogP contribution in [0.2, 0.25) is 0 Å². The van der Waals surface area contributed by atoms with Crippen molar-refractivity contribution in [3.63, 3.8) is 0 Å². The molecule has 1 N–H and O–H groups in total. The smallest absolute Gasteiger partial charge is 0.244 e. The third-order valence-electron chi connectivity index (χ3n) is 3.18. The topological polar surface area (TPSA) is 62.5 Å². The van der Waals surface area contributed by atoms with Crippen LogP contribution in [0.15, 0.2) is 29.8 Å². The molecule has 0 unspecified atom stereocenters. The summed E-state index contributed by atoms with van der Waals surface area (Å²) in [6, 6.07) is 1.55. The van der Waals surface area contributed by atoms with Crippen LogP contribution in [0.25, 0.3) is 0 Å². The highest BCUT2D eigenvalue weighted by atomic mass is 32.2. The summed E-state index contributed by atoms with van der Waals surface area (Å²) >= 11 is 0. The lowest BCUT2D eigenvalue weighted by Gasteiger charge is -2.15.